The first-order chi connectivity index (χ1) is 7.29. The van der Waals surface area contributed by atoms with E-state index in [1.54, 1.807) is 6.26 Å². The van der Waals surface area contributed by atoms with Crippen LogP contribution >= 0.6 is 0 Å². The van der Waals surface area contributed by atoms with Crippen LogP contribution in [0.2, 0.25) is 0 Å². The molecule has 2 rings (SSSR count). The van der Waals surface area contributed by atoms with E-state index in [2.05, 4.69) is 37.3 Å². The molecule has 0 aliphatic rings. The van der Waals surface area contributed by atoms with Gasteiger partial charge in [0.05, 0.1) is 6.26 Å². The molecule has 2 aromatic rings. The molecule has 0 bridgehead atoms. The topological polar surface area (TPSA) is 39.2 Å². The third-order valence-corrected chi connectivity index (χ3v) is 2.42. The zero-order valence-electron chi connectivity index (χ0n) is 8.86. The van der Waals surface area contributed by atoms with Gasteiger partial charge < -0.3 is 10.2 Å². The minimum atomic E-state index is 0.660. The molecule has 78 valence electrons. The van der Waals surface area contributed by atoms with E-state index >= 15 is 0 Å². The molecule has 1 aromatic heterocycles. The maximum absolute atomic E-state index is 5.49. The number of furan rings is 1. The SMILES string of the molecule is Cc1ccc(-c2cc(CCN)co2)cc1. The highest BCUT2D eigenvalue weighted by molar-refractivity contribution is 5.58. The van der Waals surface area contributed by atoms with Gasteiger partial charge in [0.25, 0.3) is 0 Å². The monoisotopic (exact) mass is 201 g/mol. The molecule has 0 aliphatic heterocycles. The number of hydrogen-bond donors (Lipinski definition) is 1. The number of hydrogen-bond acceptors (Lipinski definition) is 2. The standard InChI is InChI=1S/C13H15NO/c1-10-2-4-12(5-3-10)13-8-11(6-7-14)9-15-13/h2-5,8-9H,6-7,14H2,1H3. The van der Waals surface area contributed by atoms with Crippen molar-refractivity contribution in [3.05, 3.63) is 47.7 Å². The first-order valence-corrected chi connectivity index (χ1v) is 5.14. The van der Waals surface area contributed by atoms with E-state index in [1.165, 1.54) is 5.56 Å². The average molecular weight is 201 g/mol. The first kappa shape index (κ1) is 9.99. The van der Waals surface area contributed by atoms with E-state index in [9.17, 15) is 0 Å². The highest BCUT2D eigenvalue weighted by atomic mass is 16.3. The molecule has 0 fully saturated rings. The maximum Gasteiger partial charge on any atom is 0.134 e. The smallest absolute Gasteiger partial charge is 0.134 e. The Kier molecular flexibility index (Phi) is 2.88. The van der Waals surface area contributed by atoms with E-state index in [-0.39, 0.29) is 0 Å². The van der Waals surface area contributed by atoms with Crippen LogP contribution in [0.25, 0.3) is 11.3 Å². The summed E-state index contributed by atoms with van der Waals surface area (Å²) in [5.41, 5.74) is 9.02. The van der Waals surface area contributed by atoms with Gasteiger partial charge in [0.2, 0.25) is 0 Å². The second-order valence-electron chi connectivity index (χ2n) is 3.72. The van der Waals surface area contributed by atoms with E-state index < -0.39 is 0 Å². The summed E-state index contributed by atoms with van der Waals surface area (Å²) in [5.74, 6) is 0.915. The van der Waals surface area contributed by atoms with Gasteiger partial charge in [-0.1, -0.05) is 29.8 Å². The van der Waals surface area contributed by atoms with Gasteiger partial charge in [-0.05, 0) is 31.5 Å². The molecule has 15 heavy (non-hydrogen) atoms. The Morgan fingerprint density at radius 2 is 1.93 bits per heavy atom. The average Bonchev–Trinajstić information content (AvgIpc) is 2.68. The van der Waals surface area contributed by atoms with Gasteiger partial charge in [0.15, 0.2) is 0 Å². The Hall–Kier alpha value is -1.54. The van der Waals surface area contributed by atoms with Crippen molar-refractivity contribution in [3.63, 3.8) is 0 Å². The summed E-state index contributed by atoms with van der Waals surface area (Å²) in [6.07, 6.45) is 2.65. The van der Waals surface area contributed by atoms with Crippen LogP contribution in [0.5, 0.6) is 0 Å². The molecule has 0 saturated heterocycles. The van der Waals surface area contributed by atoms with Crippen molar-refractivity contribution in [3.8, 4) is 11.3 Å². The van der Waals surface area contributed by atoms with Gasteiger partial charge in [0.1, 0.15) is 5.76 Å². The van der Waals surface area contributed by atoms with E-state index in [4.69, 9.17) is 10.2 Å². The summed E-state index contributed by atoms with van der Waals surface area (Å²) in [4.78, 5) is 0. The van der Waals surface area contributed by atoms with Crippen LogP contribution in [-0.2, 0) is 6.42 Å². The molecule has 2 nitrogen and oxygen atoms in total. The van der Waals surface area contributed by atoms with Crippen molar-refractivity contribution < 1.29 is 4.42 Å². The Morgan fingerprint density at radius 1 is 1.20 bits per heavy atom. The minimum absolute atomic E-state index is 0.660. The third kappa shape index (κ3) is 2.28. The van der Waals surface area contributed by atoms with Gasteiger partial charge >= 0.3 is 0 Å². The molecule has 0 saturated carbocycles. The van der Waals surface area contributed by atoms with Gasteiger partial charge in [-0.3, -0.25) is 0 Å². The van der Waals surface area contributed by atoms with Crippen LogP contribution in [0.1, 0.15) is 11.1 Å². The Labute approximate surface area is 89.7 Å². The van der Waals surface area contributed by atoms with Crippen molar-refractivity contribution in [2.45, 2.75) is 13.3 Å². The van der Waals surface area contributed by atoms with Crippen molar-refractivity contribution in [2.75, 3.05) is 6.54 Å². The van der Waals surface area contributed by atoms with Crippen LogP contribution < -0.4 is 5.73 Å². The molecule has 0 aliphatic carbocycles. The molecule has 0 radical (unpaired) electrons. The number of rotatable bonds is 3. The summed E-state index contributed by atoms with van der Waals surface area (Å²) in [7, 11) is 0. The lowest BCUT2D eigenvalue weighted by molar-refractivity contribution is 0.578. The number of benzene rings is 1. The predicted octanol–water partition coefficient (Wildman–Crippen LogP) is 2.76. The summed E-state index contributed by atoms with van der Waals surface area (Å²) in [5, 5.41) is 0. The molecule has 1 aromatic carbocycles. The van der Waals surface area contributed by atoms with Gasteiger partial charge in [-0.25, -0.2) is 0 Å². The predicted molar refractivity (Wildman–Crippen MR) is 61.6 cm³/mol. The fourth-order valence-electron chi connectivity index (χ4n) is 1.54. The zero-order chi connectivity index (χ0) is 10.7. The fraction of sp³-hybridized carbons (Fsp3) is 0.231. The number of nitrogens with two attached hydrogens (primary N) is 1. The first-order valence-electron chi connectivity index (χ1n) is 5.14. The van der Waals surface area contributed by atoms with Crippen molar-refractivity contribution >= 4 is 0 Å². The molecular formula is C13H15NO. The Morgan fingerprint density at radius 3 is 2.60 bits per heavy atom. The maximum atomic E-state index is 5.49. The highest BCUT2D eigenvalue weighted by Gasteiger charge is 2.03. The molecule has 2 N–H and O–H groups in total. The fourth-order valence-corrected chi connectivity index (χ4v) is 1.54. The molecule has 1 heterocycles. The Balaban J connectivity index is 2.25. The van der Waals surface area contributed by atoms with Crippen molar-refractivity contribution in [1.29, 1.82) is 0 Å². The molecule has 0 amide bonds. The van der Waals surface area contributed by atoms with Gasteiger partial charge in [-0.15, -0.1) is 0 Å². The molecule has 0 spiro atoms. The number of aryl methyl sites for hydroxylation is 1. The normalized spacial score (nSPS) is 10.5. The summed E-state index contributed by atoms with van der Waals surface area (Å²) in [6, 6.07) is 10.4. The largest absolute Gasteiger partial charge is 0.464 e. The highest BCUT2D eigenvalue weighted by Crippen LogP contribution is 2.22. The van der Waals surface area contributed by atoms with E-state index in [1.807, 2.05) is 0 Å². The van der Waals surface area contributed by atoms with Crippen LogP contribution in [0.4, 0.5) is 0 Å². The minimum Gasteiger partial charge on any atom is -0.464 e. The van der Waals surface area contributed by atoms with Crippen LogP contribution in [0.3, 0.4) is 0 Å². The van der Waals surface area contributed by atoms with Crippen LogP contribution in [0, 0.1) is 6.92 Å². The third-order valence-electron chi connectivity index (χ3n) is 2.42. The molecular weight excluding hydrogens is 186 g/mol. The van der Waals surface area contributed by atoms with Crippen molar-refractivity contribution in [2.24, 2.45) is 5.73 Å². The summed E-state index contributed by atoms with van der Waals surface area (Å²) >= 11 is 0. The zero-order valence-corrected chi connectivity index (χ0v) is 8.86. The summed E-state index contributed by atoms with van der Waals surface area (Å²) < 4.78 is 5.49. The van der Waals surface area contributed by atoms with E-state index in [0.717, 1.165) is 23.3 Å². The van der Waals surface area contributed by atoms with Gasteiger partial charge in [-0.2, -0.15) is 0 Å². The second kappa shape index (κ2) is 4.32. The van der Waals surface area contributed by atoms with Crippen molar-refractivity contribution in [1.82, 2.24) is 0 Å². The lowest BCUT2D eigenvalue weighted by Gasteiger charge is -1.96. The molecule has 2 heteroatoms. The second-order valence-corrected chi connectivity index (χ2v) is 3.72. The lowest BCUT2D eigenvalue weighted by atomic mass is 10.1. The van der Waals surface area contributed by atoms with Gasteiger partial charge in [0, 0.05) is 5.56 Å². The van der Waals surface area contributed by atoms with Crippen LogP contribution in [-0.4, -0.2) is 6.54 Å². The lowest BCUT2D eigenvalue weighted by Crippen LogP contribution is -2.01. The Bertz CT molecular complexity index is 428. The molecule has 0 unspecified atom stereocenters. The quantitative estimate of drug-likeness (QED) is 0.829. The molecule has 0 atom stereocenters. The summed E-state index contributed by atoms with van der Waals surface area (Å²) in [6.45, 7) is 2.73. The van der Waals surface area contributed by atoms with E-state index in [0.29, 0.717) is 6.54 Å². The van der Waals surface area contributed by atoms with Crippen LogP contribution in [0.15, 0.2) is 41.0 Å².